The number of ether oxygens (including phenoxy) is 10. The molecular weight excluding hydrogens is 692 g/mol. The van der Waals surface area contributed by atoms with Gasteiger partial charge in [-0.3, -0.25) is 4.79 Å². The van der Waals surface area contributed by atoms with Crippen molar-refractivity contribution in [3.63, 3.8) is 0 Å². The SMILES string of the molecule is CCCCCCCCCC(=O)OCCOCCOCCOCCOCCOCCOCCOCCOCCOc1ccc(CCCCCCCCC)cc1. The van der Waals surface area contributed by atoms with E-state index in [1.807, 2.05) is 0 Å². The lowest BCUT2D eigenvalue weighted by Crippen LogP contribution is -2.15. The van der Waals surface area contributed by atoms with Crippen LogP contribution in [0.5, 0.6) is 5.75 Å². The lowest BCUT2D eigenvalue weighted by molar-refractivity contribution is -0.145. The van der Waals surface area contributed by atoms with Crippen molar-refractivity contribution in [2.75, 3.05) is 119 Å². The molecule has 0 aromatic heterocycles. The lowest BCUT2D eigenvalue weighted by Gasteiger charge is -2.09. The van der Waals surface area contributed by atoms with Gasteiger partial charge in [-0.25, -0.2) is 0 Å². The van der Waals surface area contributed by atoms with Gasteiger partial charge in [-0.2, -0.15) is 0 Å². The number of rotatable bonds is 44. The quantitative estimate of drug-likeness (QED) is 0.0474. The predicted molar refractivity (Wildman–Crippen MR) is 214 cm³/mol. The molecule has 11 heteroatoms. The fourth-order valence-electron chi connectivity index (χ4n) is 5.41. The fraction of sp³-hybridized carbons (Fsp3) is 0.837. The third-order valence-electron chi connectivity index (χ3n) is 8.57. The van der Waals surface area contributed by atoms with Crippen molar-refractivity contribution < 1.29 is 52.2 Å². The summed E-state index contributed by atoms with van der Waals surface area (Å²) in [7, 11) is 0. The highest BCUT2D eigenvalue weighted by Gasteiger charge is 2.03. The molecule has 316 valence electrons. The number of carbonyl (C=O) groups excluding carboxylic acids is 1. The van der Waals surface area contributed by atoms with Crippen LogP contribution in [0.2, 0.25) is 0 Å². The zero-order valence-electron chi connectivity index (χ0n) is 34.3. The highest BCUT2D eigenvalue weighted by atomic mass is 16.6. The maximum atomic E-state index is 11.7. The van der Waals surface area contributed by atoms with Crippen LogP contribution in [0, 0.1) is 0 Å². The first-order valence-electron chi connectivity index (χ1n) is 21.3. The van der Waals surface area contributed by atoms with Crippen LogP contribution < -0.4 is 4.74 Å². The summed E-state index contributed by atoms with van der Waals surface area (Å²) in [5.41, 5.74) is 1.38. The highest BCUT2D eigenvalue weighted by Crippen LogP contribution is 2.15. The van der Waals surface area contributed by atoms with Crippen LogP contribution in [-0.4, -0.2) is 125 Å². The van der Waals surface area contributed by atoms with Crippen LogP contribution in [0.15, 0.2) is 24.3 Å². The van der Waals surface area contributed by atoms with Gasteiger partial charge in [0.25, 0.3) is 0 Å². The Morgan fingerprint density at radius 1 is 0.389 bits per heavy atom. The topological polar surface area (TPSA) is 109 Å². The predicted octanol–water partition coefficient (Wildman–Crippen LogP) is 8.18. The molecular formula is C43H78O11. The Labute approximate surface area is 328 Å². The first kappa shape index (κ1) is 50.2. The van der Waals surface area contributed by atoms with E-state index in [1.165, 1.54) is 82.6 Å². The number of esters is 1. The molecule has 1 aromatic rings. The molecule has 0 spiro atoms. The Hall–Kier alpha value is -1.83. The molecule has 54 heavy (non-hydrogen) atoms. The zero-order chi connectivity index (χ0) is 38.7. The van der Waals surface area contributed by atoms with Crippen LogP contribution in [0.25, 0.3) is 0 Å². The third kappa shape index (κ3) is 37.1. The molecule has 0 N–H and O–H groups in total. The number of aryl methyl sites for hydroxylation is 1. The van der Waals surface area contributed by atoms with Gasteiger partial charge < -0.3 is 47.4 Å². The van der Waals surface area contributed by atoms with E-state index in [4.69, 9.17) is 47.4 Å². The largest absolute Gasteiger partial charge is 0.491 e. The molecule has 1 aromatic carbocycles. The van der Waals surface area contributed by atoms with Gasteiger partial charge in [0.05, 0.1) is 106 Å². The number of hydrogen-bond donors (Lipinski definition) is 0. The number of unbranched alkanes of at least 4 members (excludes halogenated alkanes) is 12. The molecule has 1 rings (SSSR count). The van der Waals surface area contributed by atoms with E-state index in [0.717, 1.165) is 25.0 Å². The van der Waals surface area contributed by atoms with Crippen molar-refractivity contribution in [1.82, 2.24) is 0 Å². The minimum atomic E-state index is -0.138. The van der Waals surface area contributed by atoms with Gasteiger partial charge in [0.15, 0.2) is 0 Å². The summed E-state index contributed by atoms with van der Waals surface area (Å²) in [6.07, 6.45) is 19.3. The van der Waals surface area contributed by atoms with Crippen molar-refractivity contribution in [1.29, 1.82) is 0 Å². The van der Waals surface area contributed by atoms with E-state index in [1.54, 1.807) is 0 Å². The van der Waals surface area contributed by atoms with E-state index >= 15 is 0 Å². The normalized spacial score (nSPS) is 11.4. The van der Waals surface area contributed by atoms with Crippen LogP contribution >= 0.6 is 0 Å². The van der Waals surface area contributed by atoms with E-state index in [-0.39, 0.29) is 12.6 Å². The number of carbonyl (C=O) groups is 1. The van der Waals surface area contributed by atoms with Gasteiger partial charge >= 0.3 is 5.97 Å². The molecule has 0 atom stereocenters. The van der Waals surface area contributed by atoms with Crippen molar-refractivity contribution in [2.45, 2.75) is 117 Å². The average molecular weight is 771 g/mol. The first-order chi connectivity index (χ1) is 26.8. The monoisotopic (exact) mass is 771 g/mol. The van der Waals surface area contributed by atoms with Crippen molar-refractivity contribution in [3.8, 4) is 5.75 Å². The maximum Gasteiger partial charge on any atom is 0.305 e. The summed E-state index contributed by atoms with van der Waals surface area (Å²) in [5.74, 6) is 0.748. The molecule has 11 nitrogen and oxygen atoms in total. The van der Waals surface area contributed by atoms with E-state index in [0.29, 0.717) is 119 Å². The summed E-state index contributed by atoms with van der Waals surface area (Å²) in [5, 5.41) is 0. The minimum absolute atomic E-state index is 0.138. The van der Waals surface area contributed by atoms with Gasteiger partial charge in [0, 0.05) is 6.42 Å². The Kier molecular flexibility index (Phi) is 39.3. The standard InChI is InChI=1S/C43H78O11/c1-3-5-7-9-11-13-15-17-41-19-21-42(22-20-41)53-39-37-51-35-33-49-31-29-47-27-25-45-23-24-46-26-28-48-30-32-50-34-36-52-38-40-54-43(44)18-16-14-12-10-8-6-4-2/h19-22H,3-18,23-40H2,1-2H3. The van der Waals surface area contributed by atoms with E-state index in [9.17, 15) is 4.79 Å². The van der Waals surface area contributed by atoms with Crippen LogP contribution in [-0.2, 0) is 53.8 Å². The second-order valence-corrected chi connectivity index (χ2v) is 13.4. The second kappa shape index (κ2) is 42.3. The summed E-state index contributed by atoms with van der Waals surface area (Å²) in [6, 6.07) is 8.45. The molecule has 0 fully saturated rings. The Morgan fingerprint density at radius 3 is 1.13 bits per heavy atom. The lowest BCUT2D eigenvalue weighted by atomic mass is 10.0. The first-order valence-corrected chi connectivity index (χ1v) is 21.3. The Bertz CT molecular complexity index is 887. The van der Waals surface area contributed by atoms with Gasteiger partial charge in [-0.05, 0) is 37.0 Å². The fourth-order valence-corrected chi connectivity index (χ4v) is 5.41. The Morgan fingerprint density at radius 2 is 0.722 bits per heavy atom. The van der Waals surface area contributed by atoms with Gasteiger partial charge in [-0.15, -0.1) is 0 Å². The maximum absolute atomic E-state index is 11.7. The highest BCUT2D eigenvalue weighted by molar-refractivity contribution is 5.69. The van der Waals surface area contributed by atoms with Gasteiger partial charge in [0.1, 0.15) is 19.0 Å². The molecule has 0 heterocycles. The molecule has 0 aliphatic heterocycles. The summed E-state index contributed by atoms with van der Waals surface area (Å²) in [4.78, 5) is 11.7. The van der Waals surface area contributed by atoms with Crippen molar-refractivity contribution in [2.24, 2.45) is 0 Å². The molecule has 0 aliphatic rings. The van der Waals surface area contributed by atoms with Crippen molar-refractivity contribution in [3.05, 3.63) is 29.8 Å². The van der Waals surface area contributed by atoms with Crippen LogP contribution in [0.1, 0.15) is 116 Å². The zero-order valence-corrected chi connectivity index (χ0v) is 34.3. The molecule has 0 amide bonds. The van der Waals surface area contributed by atoms with Gasteiger partial charge in [0.2, 0.25) is 0 Å². The average Bonchev–Trinajstić information content (AvgIpc) is 3.18. The number of benzene rings is 1. The second-order valence-electron chi connectivity index (χ2n) is 13.4. The molecule has 0 radical (unpaired) electrons. The molecule has 0 unspecified atom stereocenters. The molecule has 0 saturated heterocycles. The summed E-state index contributed by atoms with van der Waals surface area (Å²) >= 11 is 0. The van der Waals surface area contributed by atoms with Crippen LogP contribution in [0.4, 0.5) is 0 Å². The van der Waals surface area contributed by atoms with E-state index in [2.05, 4.69) is 38.1 Å². The van der Waals surface area contributed by atoms with Crippen molar-refractivity contribution >= 4 is 5.97 Å². The molecule has 0 saturated carbocycles. The molecule has 0 bridgehead atoms. The third-order valence-corrected chi connectivity index (χ3v) is 8.57. The van der Waals surface area contributed by atoms with Gasteiger partial charge in [-0.1, -0.05) is 103 Å². The summed E-state index contributed by atoms with van der Waals surface area (Å²) < 4.78 is 55.1. The Balaban J connectivity index is 1.70. The minimum Gasteiger partial charge on any atom is -0.491 e. The summed E-state index contributed by atoms with van der Waals surface area (Å²) in [6.45, 7) is 13.2. The molecule has 0 aliphatic carbocycles. The van der Waals surface area contributed by atoms with E-state index < -0.39 is 0 Å². The van der Waals surface area contributed by atoms with Crippen LogP contribution in [0.3, 0.4) is 0 Å². The smallest absolute Gasteiger partial charge is 0.305 e. The number of hydrogen-bond acceptors (Lipinski definition) is 11.